The van der Waals surface area contributed by atoms with E-state index in [0.717, 1.165) is 6.20 Å². The molecule has 0 aliphatic rings. The summed E-state index contributed by atoms with van der Waals surface area (Å²) in [6, 6.07) is 9.68. The number of hydrogen-bond acceptors (Lipinski definition) is 5. The summed E-state index contributed by atoms with van der Waals surface area (Å²) in [7, 11) is 0. The molecule has 0 bridgehead atoms. The molecule has 1 aromatic carbocycles. The summed E-state index contributed by atoms with van der Waals surface area (Å²) in [5, 5.41) is 3.17. The van der Waals surface area contributed by atoms with Crippen molar-refractivity contribution in [3.8, 4) is 11.1 Å². The van der Waals surface area contributed by atoms with Crippen molar-refractivity contribution in [2.45, 2.75) is 19.4 Å². The van der Waals surface area contributed by atoms with Gasteiger partial charge in [-0.3, -0.25) is 9.20 Å². The van der Waals surface area contributed by atoms with Gasteiger partial charge in [-0.25, -0.2) is 23.6 Å². The molecule has 0 spiro atoms. The number of nitrogen functional groups attached to an aromatic ring is 1. The van der Waals surface area contributed by atoms with E-state index in [0.29, 0.717) is 23.1 Å². The molecule has 3 aromatic heterocycles. The molecule has 9 heteroatoms. The van der Waals surface area contributed by atoms with E-state index in [2.05, 4.69) is 20.1 Å². The lowest BCUT2D eigenvalue weighted by atomic mass is 9.94. The van der Waals surface area contributed by atoms with Crippen LogP contribution < -0.4 is 16.6 Å². The minimum Gasteiger partial charge on any atom is -0.392 e. The molecule has 0 fully saturated rings. The third-order valence-corrected chi connectivity index (χ3v) is 5.14. The van der Waals surface area contributed by atoms with E-state index in [-0.39, 0.29) is 22.9 Å². The molecule has 3 N–H and O–H groups in total. The molecule has 0 radical (unpaired) electrons. The number of pyridine rings is 2. The van der Waals surface area contributed by atoms with Crippen LogP contribution in [0.25, 0.3) is 21.5 Å². The van der Waals surface area contributed by atoms with Gasteiger partial charge < -0.3 is 11.1 Å². The monoisotopic (exact) mass is 432 g/mol. The van der Waals surface area contributed by atoms with Crippen molar-refractivity contribution in [3.05, 3.63) is 94.0 Å². The molecular formula is C23H18F2N6O. The van der Waals surface area contributed by atoms with Gasteiger partial charge in [0.1, 0.15) is 29.6 Å². The van der Waals surface area contributed by atoms with Gasteiger partial charge in [0.2, 0.25) is 0 Å². The Balaban J connectivity index is 1.97. The first kappa shape index (κ1) is 20.9. The second-order valence-electron chi connectivity index (χ2n) is 7.11. The van der Waals surface area contributed by atoms with Crippen molar-refractivity contribution in [1.82, 2.24) is 14.4 Å². The first-order chi connectivity index (χ1) is 15.4. The van der Waals surface area contributed by atoms with Crippen molar-refractivity contribution >= 4 is 22.8 Å². The first-order valence-electron chi connectivity index (χ1n) is 9.78. The van der Waals surface area contributed by atoms with E-state index in [9.17, 15) is 13.6 Å². The summed E-state index contributed by atoms with van der Waals surface area (Å²) < 4.78 is 29.1. The number of aromatic nitrogens is 3. The molecule has 4 aromatic rings. The Morgan fingerprint density at radius 1 is 1.19 bits per heavy atom. The molecule has 0 aliphatic heterocycles. The molecule has 0 unspecified atom stereocenters. The zero-order valence-corrected chi connectivity index (χ0v) is 17.0. The predicted octanol–water partition coefficient (Wildman–Crippen LogP) is 4.73. The number of anilines is 2. The van der Waals surface area contributed by atoms with Gasteiger partial charge in [-0.2, -0.15) is 0 Å². The van der Waals surface area contributed by atoms with Crippen LogP contribution in [0.2, 0.25) is 0 Å². The van der Waals surface area contributed by atoms with Crippen molar-refractivity contribution in [1.29, 1.82) is 0 Å². The van der Waals surface area contributed by atoms with E-state index in [1.54, 1.807) is 12.1 Å². The highest BCUT2D eigenvalue weighted by Gasteiger charge is 2.22. The van der Waals surface area contributed by atoms with Crippen LogP contribution in [0.1, 0.15) is 24.9 Å². The van der Waals surface area contributed by atoms with Crippen LogP contribution in [-0.2, 0) is 0 Å². The highest BCUT2D eigenvalue weighted by atomic mass is 19.1. The number of nitrogens with one attached hydrogen (secondary N) is 1. The minimum atomic E-state index is -0.569. The minimum absolute atomic E-state index is 0.0340. The second kappa shape index (κ2) is 8.43. The molecule has 0 amide bonds. The lowest BCUT2D eigenvalue weighted by molar-refractivity contribution is 0.617. The Kier molecular flexibility index (Phi) is 5.52. The molecule has 160 valence electrons. The second-order valence-corrected chi connectivity index (χ2v) is 7.11. The fourth-order valence-corrected chi connectivity index (χ4v) is 3.64. The van der Waals surface area contributed by atoms with Crippen molar-refractivity contribution in [2.24, 2.45) is 0 Å². The Morgan fingerprint density at radius 2 is 2.00 bits per heavy atom. The van der Waals surface area contributed by atoms with Crippen molar-refractivity contribution in [2.75, 3.05) is 11.1 Å². The Morgan fingerprint density at radius 3 is 2.72 bits per heavy atom. The highest BCUT2D eigenvalue weighted by Crippen LogP contribution is 2.35. The molecule has 0 aliphatic carbocycles. The van der Waals surface area contributed by atoms with E-state index in [1.807, 2.05) is 6.92 Å². The van der Waals surface area contributed by atoms with E-state index >= 15 is 0 Å². The van der Waals surface area contributed by atoms with Crippen molar-refractivity contribution < 1.29 is 8.78 Å². The topological polar surface area (TPSA) is 89.7 Å². The predicted molar refractivity (Wildman–Crippen MR) is 118 cm³/mol. The summed E-state index contributed by atoms with van der Waals surface area (Å²) >= 11 is 0. The normalized spacial score (nSPS) is 11.8. The molecule has 4 rings (SSSR count). The fraction of sp³-hybridized carbons (Fsp3) is 0.130. The maximum absolute atomic E-state index is 14.0. The Bertz CT molecular complexity index is 1430. The zero-order chi connectivity index (χ0) is 22.8. The zero-order valence-electron chi connectivity index (χ0n) is 17.0. The van der Waals surface area contributed by atoms with Crippen LogP contribution in [0.15, 0.2) is 59.8 Å². The summed E-state index contributed by atoms with van der Waals surface area (Å²) in [6.07, 6.45) is 2.84. The van der Waals surface area contributed by atoms with Gasteiger partial charge in [0.25, 0.3) is 11.2 Å². The summed E-state index contributed by atoms with van der Waals surface area (Å²) in [5.74, 6) is -0.812. The highest BCUT2D eigenvalue weighted by molar-refractivity contribution is 5.77. The van der Waals surface area contributed by atoms with Gasteiger partial charge in [0, 0.05) is 11.7 Å². The molecule has 3 heterocycles. The SMILES string of the molecule is [C-]#[N+]c1c(N)ncnc1N[C@@H](CC)c1cc2ccc(F)cn2c(=O)c1-c1cccc(F)c1. The molecule has 0 saturated carbocycles. The van der Waals surface area contributed by atoms with E-state index in [4.69, 9.17) is 12.3 Å². The Hall–Kier alpha value is -4.32. The quantitative estimate of drug-likeness (QED) is 0.445. The van der Waals surface area contributed by atoms with Gasteiger partial charge in [0.05, 0.1) is 18.2 Å². The fourth-order valence-electron chi connectivity index (χ4n) is 3.64. The molecular weight excluding hydrogens is 414 g/mol. The maximum Gasteiger partial charge on any atom is 0.268 e. The summed E-state index contributed by atoms with van der Waals surface area (Å²) in [6.45, 7) is 9.28. The van der Waals surface area contributed by atoms with Crippen molar-refractivity contribution in [3.63, 3.8) is 0 Å². The number of nitrogens with zero attached hydrogens (tertiary/aromatic N) is 4. The van der Waals surface area contributed by atoms with Gasteiger partial charge >= 0.3 is 0 Å². The van der Waals surface area contributed by atoms with Crippen LogP contribution in [0.4, 0.5) is 26.1 Å². The smallest absolute Gasteiger partial charge is 0.268 e. The van der Waals surface area contributed by atoms with Crippen LogP contribution >= 0.6 is 0 Å². The maximum atomic E-state index is 14.0. The Labute approximate surface area is 182 Å². The van der Waals surface area contributed by atoms with Gasteiger partial charge in [-0.05, 0) is 47.9 Å². The lowest BCUT2D eigenvalue weighted by Gasteiger charge is -2.23. The molecule has 0 saturated heterocycles. The molecule has 7 nitrogen and oxygen atoms in total. The number of fused-ring (bicyclic) bond motifs is 1. The van der Waals surface area contributed by atoms with Gasteiger partial charge in [-0.15, -0.1) is 0 Å². The van der Waals surface area contributed by atoms with Crippen LogP contribution in [0.3, 0.4) is 0 Å². The average molecular weight is 432 g/mol. The molecule has 32 heavy (non-hydrogen) atoms. The number of benzene rings is 1. The largest absolute Gasteiger partial charge is 0.392 e. The summed E-state index contributed by atoms with van der Waals surface area (Å²) in [5.41, 5.74) is 6.99. The lowest BCUT2D eigenvalue weighted by Crippen LogP contribution is -2.22. The number of nitrogens with two attached hydrogens (primary N) is 1. The van der Waals surface area contributed by atoms with Crippen LogP contribution in [-0.4, -0.2) is 14.4 Å². The van der Waals surface area contributed by atoms with Gasteiger partial charge in [0.15, 0.2) is 0 Å². The number of rotatable bonds is 5. The van der Waals surface area contributed by atoms with E-state index in [1.165, 1.54) is 41.1 Å². The van der Waals surface area contributed by atoms with E-state index < -0.39 is 23.2 Å². The van der Waals surface area contributed by atoms with Crippen LogP contribution in [0.5, 0.6) is 0 Å². The number of halogens is 2. The van der Waals surface area contributed by atoms with Crippen LogP contribution in [0, 0.1) is 18.2 Å². The summed E-state index contributed by atoms with van der Waals surface area (Å²) in [4.78, 5) is 24.8. The third kappa shape index (κ3) is 3.74. The average Bonchev–Trinajstić information content (AvgIpc) is 2.78. The standard InChI is InChI=1S/C23H18F2N6O/c1-3-18(30-22-20(27-2)21(26)28-12-29-22)17-10-16-8-7-15(25)11-31(16)23(32)19(17)13-5-4-6-14(24)9-13/h4-12,18H,3H2,1H3,(H3,26,28,29,30)/t18-/m0/s1. The van der Waals surface area contributed by atoms with Gasteiger partial charge in [-0.1, -0.05) is 19.1 Å². The third-order valence-electron chi connectivity index (χ3n) is 5.14. The molecule has 1 atom stereocenters. The number of hydrogen-bond donors (Lipinski definition) is 2. The first-order valence-corrected chi connectivity index (χ1v) is 9.78.